The number of guanidine groups is 1. The summed E-state index contributed by atoms with van der Waals surface area (Å²) >= 11 is 0. The van der Waals surface area contributed by atoms with Gasteiger partial charge >= 0.3 is 0 Å². The Hall–Kier alpha value is -1.63. The summed E-state index contributed by atoms with van der Waals surface area (Å²) in [6.45, 7) is 1.31. The molecule has 0 bridgehead atoms. The van der Waals surface area contributed by atoms with Gasteiger partial charge in [-0.3, -0.25) is 4.99 Å². The molecule has 0 spiro atoms. The predicted molar refractivity (Wildman–Crippen MR) is 99.9 cm³/mol. The molecule has 3 nitrogen and oxygen atoms in total. The molecule has 0 saturated heterocycles. The van der Waals surface area contributed by atoms with Crippen LogP contribution >= 0.6 is 24.0 Å². The molecule has 0 aliphatic rings. The molecule has 0 aliphatic heterocycles. The van der Waals surface area contributed by atoms with Crippen molar-refractivity contribution in [3.8, 4) is 0 Å². The summed E-state index contributed by atoms with van der Waals surface area (Å²) in [5.74, 6) is 0.566. The molecule has 0 amide bonds. The molecule has 0 atom stereocenters. The molecule has 0 heterocycles. The molecular formula is C17H21FIN3. The van der Waals surface area contributed by atoms with E-state index in [-0.39, 0.29) is 29.8 Å². The van der Waals surface area contributed by atoms with E-state index in [1.54, 1.807) is 19.2 Å². The van der Waals surface area contributed by atoms with Crippen LogP contribution in [0.15, 0.2) is 59.6 Å². The second kappa shape index (κ2) is 9.40. The third-order valence-corrected chi connectivity index (χ3v) is 3.18. The monoisotopic (exact) mass is 413 g/mol. The molecule has 118 valence electrons. The van der Waals surface area contributed by atoms with Gasteiger partial charge in [0.05, 0.1) is 0 Å². The van der Waals surface area contributed by atoms with Gasteiger partial charge in [-0.2, -0.15) is 0 Å². The zero-order valence-electron chi connectivity index (χ0n) is 12.8. The van der Waals surface area contributed by atoms with Crippen LogP contribution in [0, 0.1) is 5.82 Å². The topological polar surface area (TPSA) is 27.6 Å². The number of nitrogens with one attached hydrogen (secondary N) is 1. The molecule has 2 aromatic carbocycles. The summed E-state index contributed by atoms with van der Waals surface area (Å²) < 4.78 is 13.2. The lowest BCUT2D eigenvalue weighted by Gasteiger charge is -2.22. The molecule has 0 radical (unpaired) electrons. The Bertz CT molecular complexity index is 602. The molecule has 1 N–H and O–H groups in total. The van der Waals surface area contributed by atoms with Crippen molar-refractivity contribution in [1.29, 1.82) is 0 Å². The third-order valence-electron chi connectivity index (χ3n) is 3.18. The van der Waals surface area contributed by atoms with Crippen LogP contribution in [-0.4, -0.2) is 25.0 Å². The fraction of sp³-hybridized carbons (Fsp3) is 0.235. The second-order valence-corrected chi connectivity index (χ2v) is 4.87. The molecule has 0 unspecified atom stereocenters. The normalized spacial score (nSPS) is 10.8. The van der Waals surface area contributed by atoms with Gasteiger partial charge in [0, 0.05) is 27.2 Å². The van der Waals surface area contributed by atoms with E-state index in [1.807, 2.05) is 36.2 Å². The molecule has 5 heteroatoms. The van der Waals surface area contributed by atoms with Crippen LogP contribution < -0.4 is 5.32 Å². The van der Waals surface area contributed by atoms with Gasteiger partial charge < -0.3 is 10.2 Å². The number of nitrogens with zero attached hydrogens (tertiary/aromatic N) is 2. The lowest BCUT2D eigenvalue weighted by molar-refractivity contribution is 0.474. The summed E-state index contributed by atoms with van der Waals surface area (Å²) in [4.78, 5) is 6.23. The third kappa shape index (κ3) is 5.63. The second-order valence-electron chi connectivity index (χ2n) is 4.87. The Morgan fingerprint density at radius 3 is 2.41 bits per heavy atom. The minimum atomic E-state index is -0.215. The molecule has 2 rings (SSSR count). The largest absolute Gasteiger partial charge is 0.352 e. The maximum atomic E-state index is 13.2. The average molecular weight is 413 g/mol. The van der Waals surface area contributed by atoms with Gasteiger partial charge in [0.1, 0.15) is 5.82 Å². The van der Waals surface area contributed by atoms with E-state index in [2.05, 4.69) is 22.4 Å². The molecular weight excluding hydrogens is 392 g/mol. The van der Waals surface area contributed by atoms with E-state index in [0.29, 0.717) is 13.1 Å². The Morgan fingerprint density at radius 1 is 1.09 bits per heavy atom. The van der Waals surface area contributed by atoms with Crippen LogP contribution in [0.1, 0.15) is 11.1 Å². The fourth-order valence-electron chi connectivity index (χ4n) is 2.15. The zero-order chi connectivity index (χ0) is 15.1. The number of benzene rings is 2. The van der Waals surface area contributed by atoms with E-state index < -0.39 is 0 Å². The van der Waals surface area contributed by atoms with Gasteiger partial charge in [0.15, 0.2) is 5.96 Å². The summed E-state index contributed by atoms with van der Waals surface area (Å²) in [5.41, 5.74) is 2.11. The molecule has 0 saturated carbocycles. The van der Waals surface area contributed by atoms with Crippen molar-refractivity contribution in [2.75, 3.05) is 14.1 Å². The van der Waals surface area contributed by atoms with Crippen LogP contribution in [0.5, 0.6) is 0 Å². The van der Waals surface area contributed by atoms with Crippen LogP contribution in [-0.2, 0) is 13.1 Å². The molecule has 2 aromatic rings. The molecule has 22 heavy (non-hydrogen) atoms. The smallest absolute Gasteiger partial charge is 0.193 e. The fourth-order valence-corrected chi connectivity index (χ4v) is 2.15. The number of rotatable bonds is 4. The first-order valence-corrected chi connectivity index (χ1v) is 6.89. The Labute approximate surface area is 148 Å². The first kappa shape index (κ1) is 18.4. The van der Waals surface area contributed by atoms with Crippen molar-refractivity contribution >= 4 is 29.9 Å². The summed E-state index contributed by atoms with van der Waals surface area (Å²) in [6, 6.07) is 16.8. The Kier molecular flexibility index (Phi) is 7.87. The van der Waals surface area contributed by atoms with Crippen molar-refractivity contribution in [3.63, 3.8) is 0 Å². The van der Waals surface area contributed by atoms with Gasteiger partial charge in [-0.1, -0.05) is 42.5 Å². The minimum Gasteiger partial charge on any atom is -0.352 e. The van der Waals surface area contributed by atoms with Gasteiger partial charge in [0.25, 0.3) is 0 Å². The van der Waals surface area contributed by atoms with E-state index in [9.17, 15) is 4.39 Å². The SMILES string of the molecule is CN=C(NCc1ccccc1)N(C)Cc1cccc(F)c1.I. The van der Waals surface area contributed by atoms with Gasteiger partial charge in [-0.25, -0.2) is 4.39 Å². The van der Waals surface area contributed by atoms with Crippen LogP contribution in [0.4, 0.5) is 4.39 Å². The highest BCUT2D eigenvalue weighted by atomic mass is 127. The zero-order valence-corrected chi connectivity index (χ0v) is 15.1. The van der Waals surface area contributed by atoms with Crippen molar-refractivity contribution < 1.29 is 4.39 Å². The summed E-state index contributed by atoms with van der Waals surface area (Å²) in [6.07, 6.45) is 0. The maximum Gasteiger partial charge on any atom is 0.193 e. The van der Waals surface area contributed by atoms with E-state index >= 15 is 0 Å². The molecule has 0 aliphatic carbocycles. The van der Waals surface area contributed by atoms with E-state index in [1.165, 1.54) is 11.6 Å². The highest BCUT2D eigenvalue weighted by molar-refractivity contribution is 14.0. The van der Waals surface area contributed by atoms with Gasteiger partial charge in [-0.15, -0.1) is 24.0 Å². The highest BCUT2D eigenvalue weighted by Gasteiger charge is 2.07. The van der Waals surface area contributed by atoms with Crippen molar-refractivity contribution in [1.82, 2.24) is 10.2 Å². The number of halogens is 2. The van der Waals surface area contributed by atoms with Crippen LogP contribution in [0.2, 0.25) is 0 Å². The molecule has 0 fully saturated rings. The highest BCUT2D eigenvalue weighted by Crippen LogP contribution is 2.06. The summed E-state index contributed by atoms with van der Waals surface area (Å²) in [7, 11) is 3.68. The quantitative estimate of drug-likeness (QED) is 0.471. The standard InChI is InChI=1S/C17H20FN3.HI/c1-19-17(20-12-14-7-4-3-5-8-14)21(2)13-15-9-6-10-16(18)11-15;/h3-11H,12-13H2,1-2H3,(H,19,20);1H. The lowest BCUT2D eigenvalue weighted by atomic mass is 10.2. The van der Waals surface area contributed by atoms with Gasteiger partial charge in [-0.05, 0) is 23.3 Å². The van der Waals surface area contributed by atoms with Crippen LogP contribution in [0.3, 0.4) is 0 Å². The predicted octanol–water partition coefficient (Wildman–Crippen LogP) is 3.65. The first-order chi connectivity index (χ1) is 10.2. The maximum absolute atomic E-state index is 13.2. The Balaban J connectivity index is 0.00000242. The Morgan fingerprint density at radius 2 is 1.77 bits per heavy atom. The van der Waals surface area contributed by atoms with Crippen LogP contribution in [0.25, 0.3) is 0 Å². The number of hydrogen-bond donors (Lipinski definition) is 1. The average Bonchev–Trinajstić information content (AvgIpc) is 2.49. The van der Waals surface area contributed by atoms with Gasteiger partial charge in [0.2, 0.25) is 0 Å². The number of aliphatic imine (C=N–C) groups is 1. The summed E-state index contributed by atoms with van der Waals surface area (Å²) in [5, 5.41) is 3.30. The minimum absolute atomic E-state index is 0. The number of hydrogen-bond acceptors (Lipinski definition) is 1. The van der Waals surface area contributed by atoms with E-state index in [0.717, 1.165) is 11.5 Å². The lowest BCUT2D eigenvalue weighted by Crippen LogP contribution is -2.38. The van der Waals surface area contributed by atoms with Crippen molar-refractivity contribution in [3.05, 3.63) is 71.5 Å². The van der Waals surface area contributed by atoms with E-state index in [4.69, 9.17) is 0 Å². The van der Waals surface area contributed by atoms with Crippen molar-refractivity contribution in [2.24, 2.45) is 4.99 Å². The van der Waals surface area contributed by atoms with Crippen molar-refractivity contribution in [2.45, 2.75) is 13.1 Å². The first-order valence-electron chi connectivity index (χ1n) is 6.89. The molecule has 0 aromatic heterocycles.